The smallest absolute Gasteiger partial charge is 0.295 e. The predicted octanol–water partition coefficient (Wildman–Crippen LogP) is 2.11. The van der Waals surface area contributed by atoms with Crippen LogP contribution in [-0.4, -0.2) is 14.9 Å². The van der Waals surface area contributed by atoms with Gasteiger partial charge in [-0.2, -0.15) is 0 Å². The Morgan fingerprint density at radius 1 is 1.17 bits per heavy atom. The lowest BCUT2D eigenvalue weighted by molar-refractivity contribution is 0.0968. The zero-order valence-corrected chi connectivity index (χ0v) is 11.2. The van der Waals surface area contributed by atoms with E-state index in [1.165, 1.54) is 0 Å². The van der Waals surface area contributed by atoms with Crippen molar-refractivity contribution in [1.29, 1.82) is 0 Å². The van der Waals surface area contributed by atoms with E-state index in [0.29, 0.717) is 17.9 Å². The molecule has 4 heteroatoms. The summed E-state index contributed by atoms with van der Waals surface area (Å²) in [4.78, 5) is 23.8. The molecule has 0 spiro atoms. The van der Waals surface area contributed by atoms with Gasteiger partial charge < -0.3 is 0 Å². The van der Waals surface area contributed by atoms with Gasteiger partial charge in [-0.25, -0.2) is 4.79 Å². The maximum atomic E-state index is 12.0. The van der Waals surface area contributed by atoms with Crippen LogP contribution in [0.15, 0.2) is 23.0 Å². The summed E-state index contributed by atoms with van der Waals surface area (Å²) < 4.78 is 3.16. The highest BCUT2D eigenvalue weighted by Gasteiger charge is 2.12. The fourth-order valence-electron chi connectivity index (χ4n) is 2.17. The number of hydrogen-bond donors (Lipinski definition) is 0. The van der Waals surface area contributed by atoms with Gasteiger partial charge in [0.15, 0.2) is 5.78 Å². The molecule has 2 aromatic rings. The summed E-state index contributed by atoms with van der Waals surface area (Å²) in [5, 5.41) is 0. The number of nitrogens with zero attached hydrogens (tertiary/aromatic N) is 2. The second-order valence-electron chi connectivity index (χ2n) is 5.13. The Bertz CT molecular complexity index is 662. The number of rotatable bonds is 3. The molecule has 0 saturated heterocycles. The first-order valence-electron chi connectivity index (χ1n) is 6.10. The molecule has 0 radical (unpaired) electrons. The zero-order valence-electron chi connectivity index (χ0n) is 11.2. The molecule has 1 aromatic carbocycles. The third-order valence-corrected chi connectivity index (χ3v) is 3.19. The number of carbonyl (C=O) groups excluding carboxylic acids is 1. The first-order chi connectivity index (χ1) is 8.41. The highest BCUT2D eigenvalue weighted by molar-refractivity contribution is 5.99. The first kappa shape index (κ1) is 12.6. The molecule has 4 nitrogen and oxygen atoms in total. The minimum atomic E-state index is -0.0709. The second-order valence-corrected chi connectivity index (χ2v) is 5.13. The normalized spacial score (nSPS) is 11.4. The summed E-state index contributed by atoms with van der Waals surface area (Å²) in [6, 6.07) is 5.44. The number of Topliss-reactive ketones (excluding diaryl/α,β-unsaturated/α-hetero) is 1. The van der Waals surface area contributed by atoms with Gasteiger partial charge in [0.1, 0.15) is 0 Å². The molecule has 0 aliphatic rings. The highest BCUT2D eigenvalue weighted by atomic mass is 16.1. The molecular formula is C14H18N2O2. The SMILES string of the molecule is CC(C)CC(=O)c1ccc2c(c1)n(C)c(=O)n2C. The zero-order chi connectivity index (χ0) is 13.4. The van der Waals surface area contributed by atoms with Gasteiger partial charge in [-0.15, -0.1) is 0 Å². The van der Waals surface area contributed by atoms with Gasteiger partial charge in [-0.1, -0.05) is 13.8 Å². The van der Waals surface area contributed by atoms with E-state index in [1.54, 1.807) is 35.4 Å². The van der Waals surface area contributed by atoms with Crippen molar-refractivity contribution in [2.24, 2.45) is 20.0 Å². The van der Waals surface area contributed by atoms with Crippen LogP contribution in [0.2, 0.25) is 0 Å². The molecule has 0 N–H and O–H groups in total. The van der Waals surface area contributed by atoms with Gasteiger partial charge in [0, 0.05) is 26.1 Å². The van der Waals surface area contributed by atoms with Crippen molar-refractivity contribution in [3.05, 3.63) is 34.2 Å². The fraction of sp³-hybridized carbons (Fsp3) is 0.429. The molecule has 96 valence electrons. The van der Waals surface area contributed by atoms with Gasteiger partial charge in [0.2, 0.25) is 0 Å². The fourth-order valence-corrected chi connectivity index (χ4v) is 2.17. The van der Waals surface area contributed by atoms with Gasteiger partial charge in [-0.05, 0) is 24.1 Å². The number of hydrogen-bond acceptors (Lipinski definition) is 2. The number of carbonyl (C=O) groups is 1. The van der Waals surface area contributed by atoms with Crippen molar-refractivity contribution in [3.8, 4) is 0 Å². The number of imidazole rings is 1. The quantitative estimate of drug-likeness (QED) is 0.778. The Morgan fingerprint density at radius 3 is 2.39 bits per heavy atom. The minimum Gasteiger partial charge on any atom is -0.295 e. The van der Waals surface area contributed by atoms with Crippen LogP contribution in [0.1, 0.15) is 30.6 Å². The van der Waals surface area contributed by atoms with Gasteiger partial charge >= 0.3 is 5.69 Å². The van der Waals surface area contributed by atoms with E-state index in [0.717, 1.165) is 11.0 Å². The van der Waals surface area contributed by atoms with E-state index in [4.69, 9.17) is 0 Å². The van der Waals surface area contributed by atoms with Crippen LogP contribution in [0.3, 0.4) is 0 Å². The largest absolute Gasteiger partial charge is 0.328 e. The Kier molecular flexibility index (Phi) is 3.11. The summed E-state index contributed by atoms with van der Waals surface area (Å²) in [6.45, 7) is 4.05. The molecule has 18 heavy (non-hydrogen) atoms. The van der Waals surface area contributed by atoms with Crippen molar-refractivity contribution in [2.45, 2.75) is 20.3 Å². The molecule has 0 aliphatic heterocycles. The molecule has 1 aromatic heterocycles. The van der Waals surface area contributed by atoms with Crippen molar-refractivity contribution in [1.82, 2.24) is 9.13 Å². The Hall–Kier alpha value is -1.84. The number of aromatic nitrogens is 2. The molecule has 2 rings (SSSR count). The van der Waals surface area contributed by atoms with Crippen molar-refractivity contribution >= 4 is 16.8 Å². The van der Waals surface area contributed by atoms with Gasteiger partial charge in [-0.3, -0.25) is 13.9 Å². The second kappa shape index (κ2) is 4.44. The molecule has 0 fully saturated rings. The summed E-state index contributed by atoms with van der Waals surface area (Å²) in [5.74, 6) is 0.469. The summed E-state index contributed by atoms with van der Waals surface area (Å²) in [7, 11) is 3.46. The Labute approximate surface area is 106 Å². The third-order valence-electron chi connectivity index (χ3n) is 3.19. The third kappa shape index (κ3) is 1.98. The summed E-state index contributed by atoms with van der Waals surface area (Å²) in [5.41, 5.74) is 2.26. The molecule has 0 bridgehead atoms. The van der Waals surface area contributed by atoms with Crippen molar-refractivity contribution in [3.63, 3.8) is 0 Å². The van der Waals surface area contributed by atoms with Crippen LogP contribution >= 0.6 is 0 Å². The number of benzene rings is 1. The van der Waals surface area contributed by atoms with Crippen molar-refractivity contribution in [2.75, 3.05) is 0 Å². The van der Waals surface area contributed by atoms with E-state index in [9.17, 15) is 9.59 Å². The number of ketones is 1. The maximum Gasteiger partial charge on any atom is 0.328 e. The lowest BCUT2D eigenvalue weighted by atomic mass is 10.0. The van der Waals surface area contributed by atoms with E-state index >= 15 is 0 Å². The monoisotopic (exact) mass is 246 g/mol. The van der Waals surface area contributed by atoms with E-state index in [1.807, 2.05) is 19.9 Å². The maximum absolute atomic E-state index is 12.0. The standard InChI is InChI=1S/C14H18N2O2/c1-9(2)7-13(17)10-5-6-11-12(8-10)16(4)14(18)15(11)3/h5-6,8-9H,7H2,1-4H3. The number of fused-ring (bicyclic) bond motifs is 1. The average molecular weight is 246 g/mol. The molecule has 0 amide bonds. The average Bonchev–Trinajstić information content (AvgIpc) is 2.53. The molecule has 0 unspecified atom stereocenters. The Balaban J connectivity index is 2.54. The van der Waals surface area contributed by atoms with Crippen LogP contribution in [0.5, 0.6) is 0 Å². The molecule has 1 heterocycles. The lowest BCUT2D eigenvalue weighted by Crippen LogP contribution is -2.19. The van der Waals surface area contributed by atoms with Crippen LogP contribution < -0.4 is 5.69 Å². The van der Waals surface area contributed by atoms with Crippen LogP contribution in [0.4, 0.5) is 0 Å². The van der Waals surface area contributed by atoms with Crippen LogP contribution in [-0.2, 0) is 14.1 Å². The highest BCUT2D eigenvalue weighted by Crippen LogP contribution is 2.16. The molecule has 0 atom stereocenters. The first-order valence-corrected chi connectivity index (χ1v) is 6.10. The van der Waals surface area contributed by atoms with Gasteiger partial charge in [0.05, 0.1) is 11.0 Å². The number of aryl methyl sites for hydroxylation is 2. The minimum absolute atomic E-state index is 0.0709. The van der Waals surface area contributed by atoms with E-state index in [2.05, 4.69) is 0 Å². The topological polar surface area (TPSA) is 44.0 Å². The van der Waals surface area contributed by atoms with Gasteiger partial charge in [0.25, 0.3) is 0 Å². The molecule has 0 aliphatic carbocycles. The van der Waals surface area contributed by atoms with Crippen LogP contribution in [0, 0.1) is 5.92 Å². The predicted molar refractivity (Wildman–Crippen MR) is 71.9 cm³/mol. The lowest BCUT2D eigenvalue weighted by Gasteiger charge is -2.04. The molecule has 0 saturated carbocycles. The summed E-state index contributed by atoms with van der Waals surface area (Å²) in [6.07, 6.45) is 0.534. The summed E-state index contributed by atoms with van der Waals surface area (Å²) >= 11 is 0. The van der Waals surface area contributed by atoms with E-state index in [-0.39, 0.29) is 11.5 Å². The van der Waals surface area contributed by atoms with Crippen molar-refractivity contribution < 1.29 is 4.79 Å². The van der Waals surface area contributed by atoms with E-state index < -0.39 is 0 Å². The van der Waals surface area contributed by atoms with Crippen LogP contribution in [0.25, 0.3) is 11.0 Å². The molecular weight excluding hydrogens is 228 g/mol. The Morgan fingerprint density at radius 2 is 1.78 bits per heavy atom.